The summed E-state index contributed by atoms with van der Waals surface area (Å²) in [7, 11) is 1.90. The minimum Gasteiger partial charge on any atom is -0.457 e. The van der Waals surface area contributed by atoms with E-state index in [-0.39, 0.29) is 5.41 Å². The first kappa shape index (κ1) is 15.9. The molecule has 0 fully saturated rings. The summed E-state index contributed by atoms with van der Waals surface area (Å²) >= 11 is 6.28. The SMILES string of the molecule is CNCc1c(Cl)cccc1Oc1ccccc1C(C)(C)C. The van der Waals surface area contributed by atoms with E-state index in [0.29, 0.717) is 6.54 Å². The van der Waals surface area contributed by atoms with Crippen LogP contribution < -0.4 is 10.1 Å². The van der Waals surface area contributed by atoms with Crippen molar-refractivity contribution in [1.82, 2.24) is 5.32 Å². The lowest BCUT2D eigenvalue weighted by Gasteiger charge is -2.23. The van der Waals surface area contributed by atoms with Crippen LogP contribution in [0.1, 0.15) is 31.9 Å². The Kier molecular flexibility index (Phi) is 4.92. The van der Waals surface area contributed by atoms with Crippen LogP contribution in [-0.4, -0.2) is 7.05 Å². The first-order valence-electron chi connectivity index (χ1n) is 7.13. The predicted molar refractivity (Wildman–Crippen MR) is 89.4 cm³/mol. The monoisotopic (exact) mass is 303 g/mol. The molecule has 0 bridgehead atoms. The summed E-state index contributed by atoms with van der Waals surface area (Å²) in [6.07, 6.45) is 0. The number of rotatable bonds is 4. The van der Waals surface area contributed by atoms with Gasteiger partial charge in [0.25, 0.3) is 0 Å². The van der Waals surface area contributed by atoms with Crippen LogP contribution in [0.3, 0.4) is 0 Å². The second kappa shape index (κ2) is 6.50. The average molecular weight is 304 g/mol. The number of para-hydroxylation sites is 1. The molecular formula is C18H22ClNO. The van der Waals surface area contributed by atoms with Crippen LogP contribution in [0, 0.1) is 0 Å². The van der Waals surface area contributed by atoms with Crippen LogP contribution in [0.2, 0.25) is 5.02 Å². The summed E-state index contributed by atoms with van der Waals surface area (Å²) < 4.78 is 6.18. The predicted octanol–water partition coefficient (Wildman–Crippen LogP) is 5.15. The van der Waals surface area contributed by atoms with Crippen LogP contribution >= 0.6 is 11.6 Å². The highest BCUT2D eigenvalue weighted by Gasteiger charge is 2.19. The average Bonchev–Trinajstić information content (AvgIpc) is 2.42. The van der Waals surface area contributed by atoms with E-state index in [9.17, 15) is 0 Å². The quantitative estimate of drug-likeness (QED) is 0.843. The third kappa shape index (κ3) is 3.78. The molecule has 0 atom stereocenters. The van der Waals surface area contributed by atoms with E-state index in [0.717, 1.165) is 22.1 Å². The van der Waals surface area contributed by atoms with Crippen molar-refractivity contribution in [3.05, 3.63) is 58.6 Å². The van der Waals surface area contributed by atoms with Crippen molar-refractivity contribution in [2.24, 2.45) is 0 Å². The molecule has 0 heterocycles. The van der Waals surface area contributed by atoms with Gasteiger partial charge in [-0.2, -0.15) is 0 Å². The lowest BCUT2D eigenvalue weighted by molar-refractivity contribution is 0.449. The minimum atomic E-state index is 0.0261. The van der Waals surface area contributed by atoms with Gasteiger partial charge in [0.05, 0.1) is 0 Å². The zero-order chi connectivity index (χ0) is 15.5. The van der Waals surface area contributed by atoms with Crippen molar-refractivity contribution in [2.75, 3.05) is 7.05 Å². The summed E-state index contributed by atoms with van der Waals surface area (Å²) in [6.45, 7) is 7.22. The molecule has 0 unspecified atom stereocenters. The van der Waals surface area contributed by atoms with Gasteiger partial charge in [0.2, 0.25) is 0 Å². The van der Waals surface area contributed by atoms with Crippen LogP contribution in [0.25, 0.3) is 0 Å². The van der Waals surface area contributed by atoms with Gasteiger partial charge in [-0.1, -0.05) is 56.6 Å². The molecule has 0 saturated heterocycles. The maximum Gasteiger partial charge on any atom is 0.133 e. The third-order valence-corrected chi connectivity index (χ3v) is 3.70. The number of ether oxygens (including phenoxy) is 1. The molecule has 0 aliphatic carbocycles. The molecule has 0 radical (unpaired) electrons. The van der Waals surface area contributed by atoms with E-state index in [2.05, 4.69) is 32.2 Å². The van der Waals surface area contributed by atoms with Crippen molar-refractivity contribution >= 4 is 11.6 Å². The second-order valence-corrected chi connectivity index (χ2v) is 6.50. The van der Waals surface area contributed by atoms with Crippen LogP contribution in [-0.2, 0) is 12.0 Å². The Morgan fingerprint density at radius 3 is 2.33 bits per heavy atom. The third-order valence-electron chi connectivity index (χ3n) is 3.34. The Morgan fingerprint density at radius 1 is 1.00 bits per heavy atom. The summed E-state index contributed by atoms with van der Waals surface area (Å²) in [5.74, 6) is 1.68. The molecule has 0 aliphatic heterocycles. The molecule has 0 aliphatic rings. The van der Waals surface area contributed by atoms with Crippen molar-refractivity contribution in [3.63, 3.8) is 0 Å². The topological polar surface area (TPSA) is 21.3 Å². The van der Waals surface area contributed by atoms with E-state index >= 15 is 0 Å². The zero-order valence-corrected chi connectivity index (χ0v) is 13.8. The number of benzene rings is 2. The Labute approximate surface area is 132 Å². The van der Waals surface area contributed by atoms with E-state index < -0.39 is 0 Å². The minimum absolute atomic E-state index is 0.0261. The van der Waals surface area contributed by atoms with Crippen LogP contribution in [0.15, 0.2) is 42.5 Å². The van der Waals surface area contributed by atoms with Crippen molar-refractivity contribution in [1.29, 1.82) is 0 Å². The number of hydrogen-bond acceptors (Lipinski definition) is 2. The normalized spacial score (nSPS) is 11.5. The van der Waals surface area contributed by atoms with Gasteiger partial charge in [-0.15, -0.1) is 0 Å². The van der Waals surface area contributed by atoms with Gasteiger partial charge in [0.1, 0.15) is 11.5 Å². The zero-order valence-electron chi connectivity index (χ0n) is 13.0. The van der Waals surface area contributed by atoms with Gasteiger partial charge in [-0.3, -0.25) is 0 Å². The molecule has 2 rings (SSSR count). The Morgan fingerprint density at radius 2 is 1.67 bits per heavy atom. The summed E-state index contributed by atoms with van der Waals surface area (Å²) in [6, 6.07) is 13.9. The Hall–Kier alpha value is -1.51. The fraction of sp³-hybridized carbons (Fsp3) is 0.333. The molecule has 0 aromatic heterocycles. The summed E-state index contributed by atoms with van der Waals surface area (Å²) in [5, 5.41) is 3.85. The van der Waals surface area contributed by atoms with E-state index in [4.69, 9.17) is 16.3 Å². The second-order valence-electron chi connectivity index (χ2n) is 6.10. The molecule has 0 amide bonds. The standard InChI is InChI=1S/C18H22ClNO/c1-18(2,3)14-8-5-6-10-17(14)21-16-11-7-9-15(19)13(16)12-20-4/h5-11,20H,12H2,1-4H3. The van der Waals surface area contributed by atoms with Crippen molar-refractivity contribution in [2.45, 2.75) is 32.7 Å². The van der Waals surface area contributed by atoms with Gasteiger partial charge in [0, 0.05) is 22.7 Å². The van der Waals surface area contributed by atoms with E-state index in [1.54, 1.807) is 0 Å². The van der Waals surface area contributed by atoms with Gasteiger partial charge in [-0.25, -0.2) is 0 Å². The molecule has 2 aromatic carbocycles. The fourth-order valence-electron chi connectivity index (χ4n) is 2.28. The number of hydrogen-bond donors (Lipinski definition) is 1. The Balaban J connectivity index is 2.42. The molecule has 1 N–H and O–H groups in total. The highest BCUT2D eigenvalue weighted by atomic mass is 35.5. The fourth-order valence-corrected chi connectivity index (χ4v) is 2.51. The van der Waals surface area contributed by atoms with Gasteiger partial charge in [-0.05, 0) is 30.7 Å². The van der Waals surface area contributed by atoms with Gasteiger partial charge in [0.15, 0.2) is 0 Å². The lowest BCUT2D eigenvalue weighted by Crippen LogP contribution is -2.13. The van der Waals surface area contributed by atoms with Crippen molar-refractivity contribution < 1.29 is 4.74 Å². The molecule has 2 aromatic rings. The van der Waals surface area contributed by atoms with E-state index in [1.807, 2.05) is 43.4 Å². The number of nitrogens with one attached hydrogen (secondary N) is 1. The van der Waals surface area contributed by atoms with Crippen molar-refractivity contribution in [3.8, 4) is 11.5 Å². The summed E-state index contributed by atoms with van der Waals surface area (Å²) in [4.78, 5) is 0. The molecule has 0 saturated carbocycles. The molecule has 21 heavy (non-hydrogen) atoms. The van der Waals surface area contributed by atoms with E-state index in [1.165, 1.54) is 5.56 Å². The molecule has 3 heteroatoms. The molecule has 112 valence electrons. The maximum absolute atomic E-state index is 6.28. The molecule has 2 nitrogen and oxygen atoms in total. The van der Waals surface area contributed by atoms with Gasteiger partial charge >= 0.3 is 0 Å². The first-order chi connectivity index (χ1) is 9.93. The van der Waals surface area contributed by atoms with Crippen LogP contribution in [0.5, 0.6) is 11.5 Å². The molecular weight excluding hydrogens is 282 g/mol. The largest absolute Gasteiger partial charge is 0.457 e. The Bertz CT molecular complexity index is 617. The smallest absolute Gasteiger partial charge is 0.133 e. The summed E-state index contributed by atoms with van der Waals surface area (Å²) in [5.41, 5.74) is 2.18. The first-order valence-corrected chi connectivity index (χ1v) is 7.50. The number of halogens is 1. The lowest BCUT2D eigenvalue weighted by atomic mass is 9.86. The van der Waals surface area contributed by atoms with Gasteiger partial charge < -0.3 is 10.1 Å². The van der Waals surface area contributed by atoms with Crippen LogP contribution in [0.4, 0.5) is 0 Å². The highest BCUT2D eigenvalue weighted by Crippen LogP contribution is 2.36. The maximum atomic E-state index is 6.28. The molecule has 0 spiro atoms. The highest BCUT2D eigenvalue weighted by molar-refractivity contribution is 6.31.